The van der Waals surface area contributed by atoms with E-state index in [-0.39, 0.29) is 11.8 Å². The number of benzene rings is 1. The summed E-state index contributed by atoms with van der Waals surface area (Å²) in [6.07, 6.45) is 5.47. The number of carbonyl (C=O) groups is 2. The Morgan fingerprint density at radius 2 is 2.00 bits per heavy atom. The summed E-state index contributed by atoms with van der Waals surface area (Å²) in [5.41, 5.74) is 1.62. The van der Waals surface area contributed by atoms with Crippen molar-refractivity contribution in [1.82, 2.24) is 25.4 Å². The Morgan fingerprint density at radius 3 is 2.70 bits per heavy atom. The number of aromatic amines is 1. The Morgan fingerprint density at radius 1 is 1.17 bits per heavy atom. The van der Waals surface area contributed by atoms with Gasteiger partial charge in [0, 0.05) is 38.2 Å². The minimum absolute atomic E-state index is 0.0807. The molecule has 1 aliphatic rings. The molecular formula is C22H23N5O3. The first kappa shape index (κ1) is 19.6. The Hall–Kier alpha value is -3.68. The Bertz CT molecular complexity index is 1010. The molecule has 0 bridgehead atoms. The number of pyridine rings is 1. The molecule has 3 heterocycles. The summed E-state index contributed by atoms with van der Waals surface area (Å²) in [6.45, 7) is 1.06. The number of nitrogens with zero attached hydrogens (tertiary/aromatic N) is 3. The number of nitrogens with one attached hydrogen (secondary N) is 2. The maximum Gasteiger partial charge on any atom is 0.271 e. The van der Waals surface area contributed by atoms with Crippen molar-refractivity contribution in [3.8, 4) is 5.75 Å². The molecular weight excluding hydrogens is 382 g/mol. The highest BCUT2D eigenvalue weighted by Crippen LogP contribution is 2.36. The number of ether oxygens (including phenoxy) is 1. The molecule has 30 heavy (non-hydrogen) atoms. The second-order valence-electron chi connectivity index (χ2n) is 7.48. The molecule has 0 unspecified atom stereocenters. The summed E-state index contributed by atoms with van der Waals surface area (Å²) >= 11 is 0. The summed E-state index contributed by atoms with van der Waals surface area (Å²) in [4.78, 5) is 31.6. The van der Waals surface area contributed by atoms with Crippen LogP contribution in [0.2, 0.25) is 0 Å². The van der Waals surface area contributed by atoms with Gasteiger partial charge >= 0.3 is 0 Å². The van der Waals surface area contributed by atoms with Crippen molar-refractivity contribution in [2.45, 2.75) is 13.0 Å². The molecule has 2 N–H and O–H groups in total. The quantitative estimate of drug-likeness (QED) is 0.625. The number of carbonyl (C=O) groups excluding carboxylic acids is 2. The number of hydrogen-bond donors (Lipinski definition) is 2. The normalized spacial score (nSPS) is 14.6. The van der Waals surface area contributed by atoms with Crippen molar-refractivity contribution < 1.29 is 14.3 Å². The van der Waals surface area contributed by atoms with Gasteiger partial charge in [0.2, 0.25) is 5.91 Å². The highest BCUT2D eigenvalue weighted by molar-refractivity contribution is 5.95. The van der Waals surface area contributed by atoms with E-state index in [1.165, 1.54) is 6.20 Å². The van der Waals surface area contributed by atoms with E-state index in [1.807, 2.05) is 36.4 Å². The van der Waals surface area contributed by atoms with E-state index in [2.05, 4.69) is 20.5 Å². The van der Waals surface area contributed by atoms with Crippen molar-refractivity contribution in [3.05, 3.63) is 77.9 Å². The van der Waals surface area contributed by atoms with Gasteiger partial charge in [-0.05, 0) is 41.8 Å². The molecule has 8 nitrogen and oxygen atoms in total. The van der Waals surface area contributed by atoms with Crippen LogP contribution in [0, 0.1) is 5.41 Å². The number of hydrogen-bond acceptors (Lipinski definition) is 5. The molecule has 0 atom stereocenters. The van der Waals surface area contributed by atoms with Gasteiger partial charge in [-0.15, -0.1) is 0 Å². The van der Waals surface area contributed by atoms with Crippen molar-refractivity contribution in [1.29, 1.82) is 0 Å². The van der Waals surface area contributed by atoms with Gasteiger partial charge in [-0.2, -0.15) is 5.10 Å². The fraction of sp³-hybridized carbons (Fsp3) is 0.273. The third-order valence-corrected chi connectivity index (χ3v) is 5.34. The molecule has 1 saturated heterocycles. The molecule has 0 saturated carbocycles. The number of aromatic nitrogens is 3. The Balaban J connectivity index is 1.51. The molecule has 0 aliphatic carbocycles. The van der Waals surface area contributed by atoms with E-state index >= 15 is 0 Å². The van der Waals surface area contributed by atoms with Crippen LogP contribution in [0.25, 0.3) is 0 Å². The Kier molecular flexibility index (Phi) is 5.47. The average molecular weight is 405 g/mol. The standard InChI is InChI=1S/C22H23N5O3/c1-30-18-6-2-4-16(10-18)11-22(21(29)24-13-17-5-3-8-23-12-17)14-27(15-22)20(28)19-7-9-25-26-19/h2-10,12H,11,13-15H2,1H3,(H,24,29)(H,25,26). The van der Waals surface area contributed by atoms with Crippen LogP contribution in [-0.2, 0) is 17.8 Å². The predicted octanol–water partition coefficient (Wildman–Crippen LogP) is 1.81. The molecule has 1 aromatic carbocycles. The minimum Gasteiger partial charge on any atom is -0.497 e. The summed E-state index contributed by atoms with van der Waals surface area (Å²) in [5.74, 6) is 0.500. The molecule has 1 aliphatic heterocycles. The minimum atomic E-state index is -0.704. The lowest BCUT2D eigenvalue weighted by molar-refractivity contribution is -0.139. The molecule has 4 rings (SSSR count). The fourth-order valence-electron chi connectivity index (χ4n) is 3.75. The molecule has 2 aromatic heterocycles. The first-order valence-corrected chi connectivity index (χ1v) is 9.68. The topological polar surface area (TPSA) is 100 Å². The highest BCUT2D eigenvalue weighted by Gasteiger charge is 2.51. The highest BCUT2D eigenvalue weighted by atomic mass is 16.5. The van der Waals surface area contributed by atoms with Crippen LogP contribution in [0.3, 0.4) is 0 Å². The van der Waals surface area contributed by atoms with E-state index in [9.17, 15) is 9.59 Å². The Labute approximate surface area is 174 Å². The van der Waals surface area contributed by atoms with Gasteiger partial charge in [-0.1, -0.05) is 18.2 Å². The van der Waals surface area contributed by atoms with Crippen LogP contribution < -0.4 is 10.1 Å². The zero-order chi connectivity index (χ0) is 21.0. The molecule has 0 radical (unpaired) electrons. The molecule has 3 aromatic rings. The van der Waals surface area contributed by atoms with E-state index < -0.39 is 5.41 Å². The van der Waals surface area contributed by atoms with Gasteiger partial charge in [0.1, 0.15) is 11.4 Å². The second-order valence-corrected chi connectivity index (χ2v) is 7.48. The van der Waals surface area contributed by atoms with Gasteiger partial charge in [0.25, 0.3) is 5.91 Å². The fourth-order valence-corrected chi connectivity index (χ4v) is 3.75. The molecule has 2 amide bonds. The second kappa shape index (κ2) is 8.36. The van der Waals surface area contributed by atoms with Crippen molar-refractivity contribution in [3.63, 3.8) is 0 Å². The zero-order valence-corrected chi connectivity index (χ0v) is 16.7. The lowest BCUT2D eigenvalue weighted by Gasteiger charge is -2.48. The van der Waals surface area contributed by atoms with Gasteiger partial charge < -0.3 is 15.0 Å². The summed E-state index contributed by atoms with van der Waals surface area (Å²) in [6, 6.07) is 13.0. The number of methoxy groups -OCH3 is 1. The first-order chi connectivity index (χ1) is 14.6. The maximum absolute atomic E-state index is 13.2. The van der Waals surface area contributed by atoms with E-state index in [0.717, 1.165) is 16.9 Å². The number of likely N-dealkylation sites (tertiary alicyclic amines) is 1. The van der Waals surface area contributed by atoms with E-state index in [4.69, 9.17) is 4.74 Å². The lowest BCUT2D eigenvalue weighted by Crippen LogP contribution is -2.65. The van der Waals surface area contributed by atoms with Gasteiger partial charge in [-0.3, -0.25) is 19.7 Å². The maximum atomic E-state index is 13.2. The number of H-pyrrole nitrogens is 1. The van der Waals surface area contributed by atoms with Gasteiger partial charge in [0.15, 0.2) is 0 Å². The SMILES string of the molecule is COc1cccc(CC2(C(=O)NCc3cccnc3)CN(C(=O)c3ccn[nH]3)C2)c1. The average Bonchev–Trinajstić information content (AvgIpc) is 3.29. The zero-order valence-electron chi connectivity index (χ0n) is 16.7. The third kappa shape index (κ3) is 4.03. The van der Waals surface area contributed by atoms with E-state index in [1.54, 1.807) is 30.5 Å². The van der Waals surface area contributed by atoms with Crippen LogP contribution in [0.1, 0.15) is 21.6 Å². The van der Waals surface area contributed by atoms with E-state index in [0.29, 0.717) is 31.7 Å². The van der Waals surface area contributed by atoms with Crippen LogP contribution in [0.4, 0.5) is 0 Å². The smallest absolute Gasteiger partial charge is 0.271 e. The lowest BCUT2D eigenvalue weighted by atomic mass is 9.73. The number of rotatable bonds is 7. The van der Waals surface area contributed by atoms with Gasteiger partial charge in [-0.25, -0.2) is 0 Å². The summed E-state index contributed by atoms with van der Waals surface area (Å²) in [7, 11) is 1.61. The first-order valence-electron chi connectivity index (χ1n) is 9.68. The van der Waals surface area contributed by atoms with Crippen molar-refractivity contribution in [2.24, 2.45) is 5.41 Å². The molecule has 1 fully saturated rings. The molecule has 154 valence electrons. The monoisotopic (exact) mass is 405 g/mol. The molecule has 8 heteroatoms. The van der Waals surface area contributed by atoms with Crippen LogP contribution in [0.5, 0.6) is 5.75 Å². The van der Waals surface area contributed by atoms with Crippen LogP contribution in [0.15, 0.2) is 61.1 Å². The van der Waals surface area contributed by atoms with Gasteiger partial charge in [0.05, 0.1) is 12.5 Å². The summed E-state index contributed by atoms with van der Waals surface area (Å²) in [5, 5.41) is 9.54. The van der Waals surface area contributed by atoms with Crippen LogP contribution >= 0.6 is 0 Å². The van der Waals surface area contributed by atoms with Crippen molar-refractivity contribution >= 4 is 11.8 Å². The number of amides is 2. The molecule has 0 spiro atoms. The summed E-state index contributed by atoms with van der Waals surface area (Å²) < 4.78 is 5.31. The van der Waals surface area contributed by atoms with Crippen molar-refractivity contribution in [2.75, 3.05) is 20.2 Å². The van der Waals surface area contributed by atoms with Crippen LogP contribution in [-0.4, -0.2) is 52.1 Å². The predicted molar refractivity (Wildman–Crippen MR) is 110 cm³/mol. The third-order valence-electron chi connectivity index (χ3n) is 5.34. The largest absolute Gasteiger partial charge is 0.497 e.